The number of H-pyrrole nitrogens is 1. The smallest absolute Gasteiger partial charge is 0.270 e. The molecule has 1 aromatic rings. The van der Waals surface area contributed by atoms with Crippen LogP contribution in [0.4, 0.5) is 5.82 Å². The number of piperidine rings is 1. The summed E-state index contributed by atoms with van der Waals surface area (Å²) in [6.45, 7) is 4.89. The van der Waals surface area contributed by atoms with E-state index in [0.717, 1.165) is 76.6 Å². The van der Waals surface area contributed by atoms with Crippen molar-refractivity contribution in [2.24, 2.45) is 5.92 Å². The normalized spacial score (nSPS) is 28.4. The van der Waals surface area contributed by atoms with Gasteiger partial charge < -0.3 is 29.5 Å². The zero-order valence-corrected chi connectivity index (χ0v) is 18.4. The van der Waals surface area contributed by atoms with E-state index in [-0.39, 0.29) is 12.1 Å². The van der Waals surface area contributed by atoms with Gasteiger partial charge in [-0.25, -0.2) is 5.43 Å². The average Bonchev–Trinajstić information content (AvgIpc) is 3.37. The molecule has 0 aromatic carbocycles. The third kappa shape index (κ3) is 3.53. The number of hydrogen-bond donors (Lipinski definition) is 3. The molecule has 0 spiro atoms. The molecular weight excluding hydrogens is 408 g/mol. The molecule has 2 atom stereocenters. The maximum atomic E-state index is 13.0. The summed E-state index contributed by atoms with van der Waals surface area (Å²) >= 11 is 0. The molecule has 0 saturated carbocycles. The van der Waals surface area contributed by atoms with Gasteiger partial charge in [0.05, 0.1) is 13.2 Å². The number of anilines is 1. The zero-order chi connectivity index (χ0) is 21.7. The van der Waals surface area contributed by atoms with Crippen LogP contribution in [-0.4, -0.2) is 82.7 Å². The second-order valence-corrected chi connectivity index (χ2v) is 9.50. The van der Waals surface area contributed by atoms with Crippen molar-refractivity contribution in [3.8, 4) is 0 Å². The molecule has 3 fully saturated rings. The first-order valence-corrected chi connectivity index (χ1v) is 11.9. The van der Waals surface area contributed by atoms with Crippen LogP contribution in [0.3, 0.4) is 0 Å². The van der Waals surface area contributed by atoms with E-state index in [1.54, 1.807) is 0 Å². The van der Waals surface area contributed by atoms with Gasteiger partial charge in [0.25, 0.3) is 5.91 Å². The van der Waals surface area contributed by atoms with Crippen molar-refractivity contribution in [1.29, 1.82) is 0 Å². The quantitative estimate of drug-likeness (QED) is 0.648. The highest BCUT2D eigenvalue weighted by Gasteiger charge is 2.39. The molecular formula is C23H32N6O3. The molecule has 32 heavy (non-hydrogen) atoms. The number of aliphatic hydroxyl groups excluding tert-OH is 1. The number of allylic oxidation sites excluding steroid dienone is 1. The van der Waals surface area contributed by atoms with E-state index in [0.29, 0.717) is 11.6 Å². The van der Waals surface area contributed by atoms with Gasteiger partial charge in [0, 0.05) is 44.0 Å². The summed E-state index contributed by atoms with van der Waals surface area (Å²) in [5.74, 6) is 1.61. The van der Waals surface area contributed by atoms with Gasteiger partial charge in [0.15, 0.2) is 0 Å². The number of nitrogens with zero attached hydrogens (tertiary/aromatic N) is 4. The van der Waals surface area contributed by atoms with Gasteiger partial charge in [-0.3, -0.25) is 4.79 Å². The Morgan fingerprint density at radius 3 is 2.78 bits per heavy atom. The van der Waals surface area contributed by atoms with Gasteiger partial charge in [-0.05, 0) is 55.9 Å². The second-order valence-electron chi connectivity index (χ2n) is 9.50. The fourth-order valence-electron chi connectivity index (χ4n) is 5.37. The number of hydrogen-bond acceptors (Lipinski definition) is 7. The summed E-state index contributed by atoms with van der Waals surface area (Å²) in [5, 5.41) is 12.6. The number of hydrazine groups is 1. The van der Waals surface area contributed by atoms with Gasteiger partial charge in [-0.15, -0.1) is 0 Å². The van der Waals surface area contributed by atoms with Crippen LogP contribution in [0.2, 0.25) is 0 Å². The highest BCUT2D eigenvalue weighted by Crippen LogP contribution is 2.33. The largest absolute Gasteiger partial charge is 0.381 e. The van der Waals surface area contributed by atoms with Crippen molar-refractivity contribution in [2.75, 3.05) is 44.3 Å². The number of carbonyl (C=O) groups is 1. The van der Waals surface area contributed by atoms with Crippen LogP contribution < -0.4 is 10.3 Å². The number of rotatable bonds is 4. The Balaban J connectivity index is 1.20. The number of aryl methyl sites for hydroxylation is 1. The van der Waals surface area contributed by atoms with E-state index < -0.39 is 6.35 Å². The number of aromatic nitrogens is 1. The lowest BCUT2D eigenvalue weighted by atomic mass is 10.1. The Morgan fingerprint density at radius 1 is 1.16 bits per heavy atom. The summed E-state index contributed by atoms with van der Waals surface area (Å²) in [7, 11) is 0. The average molecular weight is 441 g/mol. The van der Waals surface area contributed by atoms with Crippen LogP contribution in [0.5, 0.6) is 0 Å². The van der Waals surface area contributed by atoms with E-state index >= 15 is 0 Å². The highest BCUT2D eigenvalue weighted by molar-refractivity contribution is 5.94. The maximum absolute atomic E-state index is 13.0. The molecule has 9 nitrogen and oxygen atoms in total. The van der Waals surface area contributed by atoms with Crippen molar-refractivity contribution in [3.05, 3.63) is 41.4 Å². The summed E-state index contributed by atoms with van der Waals surface area (Å²) in [6, 6.07) is 2.05. The predicted molar refractivity (Wildman–Crippen MR) is 119 cm³/mol. The van der Waals surface area contributed by atoms with Crippen molar-refractivity contribution < 1.29 is 14.6 Å². The Kier molecular flexibility index (Phi) is 5.21. The Bertz CT molecular complexity index is 932. The summed E-state index contributed by atoms with van der Waals surface area (Å²) in [5.41, 5.74) is 6.42. The molecule has 0 radical (unpaired) electrons. The number of amides is 1. The van der Waals surface area contributed by atoms with Gasteiger partial charge in [0.1, 0.15) is 17.7 Å². The molecule has 5 aliphatic rings. The Labute approximate surface area is 188 Å². The third-order valence-corrected chi connectivity index (χ3v) is 7.23. The monoisotopic (exact) mass is 440 g/mol. The number of aromatic amines is 1. The fourth-order valence-corrected chi connectivity index (χ4v) is 5.37. The SMILES string of the molecule is O=C(c1cc2c([nH]1)N(C1=CC3NN(CC4COC4)C(O)N3C=C1)CCC2)N1CCCCC1. The molecule has 0 aliphatic carbocycles. The summed E-state index contributed by atoms with van der Waals surface area (Å²) in [4.78, 5) is 22.7. The van der Waals surface area contributed by atoms with Crippen LogP contribution in [0.15, 0.2) is 30.1 Å². The first kappa shape index (κ1) is 20.3. The molecule has 1 aromatic heterocycles. The number of fused-ring (bicyclic) bond motifs is 2. The van der Waals surface area contributed by atoms with E-state index in [9.17, 15) is 9.90 Å². The lowest BCUT2D eigenvalue weighted by molar-refractivity contribution is -0.0985. The lowest BCUT2D eigenvalue weighted by Crippen LogP contribution is -2.47. The van der Waals surface area contributed by atoms with Crippen molar-refractivity contribution in [3.63, 3.8) is 0 Å². The molecule has 3 saturated heterocycles. The van der Waals surface area contributed by atoms with E-state index in [1.165, 1.54) is 12.0 Å². The highest BCUT2D eigenvalue weighted by atomic mass is 16.5. The predicted octanol–water partition coefficient (Wildman–Crippen LogP) is 1.18. The van der Waals surface area contributed by atoms with Crippen LogP contribution in [0.1, 0.15) is 41.7 Å². The molecule has 1 amide bonds. The molecule has 6 heterocycles. The topological polar surface area (TPSA) is 87.3 Å². The second kappa shape index (κ2) is 8.22. The number of carbonyl (C=O) groups excluding carboxylic acids is 1. The molecule has 3 N–H and O–H groups in total. The van der Waals surface area contributed by atoms with Crippen LogP contribution >= 0.6 is 0 Å². The number of nitrogens with one attached hydrogen (secondary N) is 2. The fraction of sp³-hybridized carbons (Fsp3) is 0.609. The molecule has 9 heteroatoms. The van der Waals surface area contributed by atoms with Crippen molar-refractivity contribution in [1.82, 2.24) is 25.2 Å². The van der Waals surface area contributed by atoms with E-state index in [4.69, 9.17) is 4.74 Å². The molecule has 5 aliphatic heterocycles. The number of likely N-dealkylation sites (tertiary alicyclic amines) is 1. The van der Waals surface area contributed by atoms with E-state index in [1.807, 2.05) is 21.0 Å². The minimum atomic E-state index is -0.689. The molecule has 2 unspecified atom stereocenters. The minimum absolute atomic E-state index is 0.0965. The first-order chi connectivity index (χ1) is 15.7. The third-order valence-electron chi connectivity index (χ3n) is 7.23. The summed E-state index contributed by atoms with van der Waals surface area (Å²) < 4.78 is 5.27. The van der Waals surface area contributed by atoms with Crippen LogP contribution in [0.25, 0.3) is 0 Å². The van der Waals surface area contributed by atoms with Gasteiger partial charge >= 0.3 is 0 Å². The standard InChI is InChI=1S/C23H32N6O3/c30-22(26-7-2-1-3-8-26)19-11-17-5-4-9-27(21(17)24-19)18-6-10-28-20(12-18)25-29(23(28)31)13-16-14-32-15-16/h6,10-12,16,20,23-25,31H,1-5,7-9,13-15H2. The first-order valence-electron chi connectivity index (χ1n) is 11.9. The molecule has 0 bridgehead atoms. The minimum Gasteiger partial charge on any atom is -0.381 e. The van der Waals surface area contributed by atoms with E-state index in [2.05, 4.69) is 33.5 Å². The van der Waals surface area contributed by atoms with Crippen molar-refractivity contribution >= 4 is 11.7 Å². The number of aliphatic hydroxyl groups is 1. The molecule has 6 rings (SSSR count). The van der Waals surface area contributed by atoms with Gasteiger partial charge in [-0.2, -0.15) is 5.01 Å². The van der Waals surface area contributed by atoms with Crippen LogP contribution in [0, 0.1) is 5.92 Å². The van der Waals surface area contributed by atoms with Crippen LogP contribution in [-0.2, 0) is 11.2 Å². The maximum Gasteiger partial charge on any atom is 0.270 e. The van der Waals surface area contributed by atoms with Gasteiger partial charge in [-0.1, -0.05) is 0 Å². The Morgan fingerprint density at radius 2 is 2.00 bits per heavy atom. The Hall–Kier alpha value is -2.33. The number of ether oxygens (including phenoxy) is 1. The molecule has 172 valence electrons. The van der Waals surface area contributed by atoms with Gasteiger partial charge in [0.2, 0.25) is 6.35 Å². The summed E-state index contributed by atoms with van der Waals surface area (Å²) in [6.07, 6.45) is 10.8. The van der Waals surface area contributed by atoms with Crippen molar-refractivity contribution in [2.45, 2.75) is 44.6 Å². The lowest BCUT2D eigenvalue weighted by Gasteiger charge is -2.34. The zero-order valence-electron chi connectivity index (χ0n) is 18.4.